The first-order valence-corrected chi connectivity index (χ1v) is 5.96. The Morgan fingerprint density at radius 3 is 2.84 bits per heavy atom. The molecule has 5 heteroatoms. The molecule has 1 amide bonds. The van der Waals surface area contributed by atoms with Gasteiger partial charge in [0.1, 0.15) is 17.1 Å². The summed E-state index contributed by atoms with van der Waals surface area (Å²) in [4.78, 5) is 11.1. The molecule has 1 unspecified atom stereocenters. The van der Waals surface area contributed by atoms with Crippen LogP contribution in [0.3, 0.4) is 0 Å². The van der Waals surface area contributed by atoms with Crippen LogP contribution in [0, 0.1) is 0 Å². The molecule has 1 aliphatic rings. The average molecular weight is 263 g/mol. The van der Waals surface area contributed by atoms with Gasteiger partial charge in [-0.2, -0.15) is 0 Å². The highest BCUT2D eigenvalue weighted by atomic mass is 16.5. The SMILES string of the molecule is COc1cc2c(cc1NC(C)=O)C=CC(C)(CO)O2. The van der Waals surface area contributed by atoms with E-state index in [1.165, 1.54) is 14.0 Å². The van der Waals surface area contributed by atoms with Crippen LogP contribution in [-0.2, 0) is 4.79 Å². The lowest BCUT2D eigenvalue weighted by Crippen LogP contribution is -2.35. The Bertz CT molecular complexity index is 538. The Labute approximate surface area is 111 Å². The number of nitrogens with one attached hydrogen (secondary N) is 1. The van der Waals surface area contributed by atoms with E-state index in [4.69, 9.17) is 9.47 Å². The second-order valence-electron chi connectivity index (χ2n) is 4.68. The summed E-state index contributed by atoms with van der Waals surface area (Å²) in [6.07, 6.45) is 3.65. The number of fused-ring (bicyclic) bond motifs is 1. The molecule has 0 bridgehead atoms. The lowest BCUT2D eigenvalue weighted by atomic mass is 10.0. The molecule has 0 radical (unpaired) electrons. The number of amides is 1. The summed E-state index contributed by atoms with van der Waals surface area (Å²) in [5.74, 6) is 0.966. The van der Waals surface area contributed by atoms with Crippen LogP contribution in [-0.4, -0.2) is 30.3 Å². The van der Waals surface area contributed by atoms with Gasteiger partial charge in [0.25, 0.3) is 0 Å². The van der Waals surface area contributed by atoms with Crippen molar-refractivity contribution in [2.45, 2.75) is 19.4 Å². The highest BCUT2D eigenvalue weighted by Gasteiger charge is 2.27. The van der Waals surface area contributed by atoms with Crippen LogP contribution in [0.4, 0.5) is 5.69 Å². The Hall–Kier alpha value is -2.01. The van der Waals surface area contributed by atoms with Crippen molar-refractivity contribution in [1.82, 2.24) is 0 Å². The Kier molecular flexibility index (Phi) is 3.48. The zero-order valence-electron chi connectivity index (χ0n) is 11.2. The third-order valence-electron chi connectivity index (χ3n) is 2.92. The predicted octanol–water partition coefficient (Wildman–Crippen LogP) is 1.81. The third-order valence-corrected chi connectivity index (χ3v) is 2.92. The van der Waals surface area contributed by atoms with Gasteiger partial charge in [-0.3, -0.25) is 4.79 Å². The summed E-state index contributed by atoms with van der Waals surface area (Å²) in [7, 11) is 1.52. The monoisotopic (exact) mass is 263 g/mol. The topological polar surface area (TPSA) is 67.8 Å². The van der Waals surface area contributed by atoms with Crippen LogP contribution in [0.25, 0.3) is 6.08 Å². The molecule has 1 aliphatic heterocycles. The maximum atomic E-state index is 11.1. The fraction of sp³-hybridized carbons (Fsp3) is 0.357. The summed E-state index contributed by atoms with van der Waals surface area (Å²) in [5.41, 5.74) is 0.693. The van der Waals surface area contributed by atoms with Crippen LogP contribution in [0.1, 0.15) is 19.4 Å². The maximum Gasteiger partial charge on any atom is 0.221 e. The second-order valence-corrected chi connectivity index (χ2v) is 4.68. The van der Waals surface area contributed by atoms with Gasteiger partial charge in [0, 0.05) is 18.6 Å². The Morgan fingerprint density at radius 1 is 1.53 bits per heavy atom. The molecule has 0 aliphatic carbocycles. The first-order chi connectivity index (χ1) is 8.97. The fourth-order valence-corrected chi connectivity index (χ4v) is 1.89. The summed E-state index contributed by atoms with van der Waals surface area (Å²) >= 11 is 0. The van der Waals surface area contributed by atoms with E-state index in [2.05, 4.69) is 5.32 Å². The number of rotatable bonds is 3. The van der Waals surface area contributed by atoms with Crippen LogP contribution in [0.15, 0.2) is 18.2 Å². The molecule has 1 aromatic carbocycles. The van der Waals surface area contributed by atoms with Crippen molar-refractivity contribution >= 4 is 17.7 Å². The third kappa shape index (κ3) is 2.71. The van der Waals surface area contributed by atoms with Gasteiger partial charge in [-0.25, -0.2) is 0 Å². The highest BCUT2D eigenvalue weighted by molar-refractivity contribution is 5.91. The number of hydrogen-bond donors (Lipinski definition) is 2. The Balaban J connectivity index is 2.43. The summed E-state index contributed by atoms with van der Waals surface area (Å²) < 4.78 is 11.0. The lowest BCUT2D eigenvalue weighted by Gasteiger charge is -2.30. The van der Waals surface area contributed by atoms with Gasteiger partial charge in [-0.1, -0.05) is 6.08 Å². The first kappa shape index (κ1) is 13.4. The number of aliphatic hydroxyl groups is 1. The van der Waals surface area contributed by atoms with E-state index >= 15 is 0 Å². The van der Waals surface area contributed by atoms with Crippen molar-refractivity contribution in [3.05, 3.63) is 23.8 Å². The molecule has 1 heterocycles. The summed E-state index contributed by atoms with van der Waals surface area (Å²) in [6, 6.07) is 3.49. The van der Waals surface area contributed by atoms with Crippen LogP contribution in [0.2, 0.25) is 0 Å². The number of carbonyl (C=O) groups is 1. The molecule has 0 aromatic heterocycles. The molecule has 0 saturated carbocycles. The molecule has 1 aromatic rings. The molecular weight excluding hydrogens is 246 g/mol. The number of hydrogen-bond acceptors (Lipinski definition) is 4. The summed E-state index contributed by atoms with van der Waals surface area (Å²) in [6.45, 7) is 3.12. The van der Waals surface area contributed by atoms with Gasteiger partial charge in [0.15, 0.2) is 0 Å². The fourth-order valence-electron chi connectivity index (χ4n) is 1.89. The molecule has 0 spiro atoms. The van der Waals surface area contributed by atoms with E-state index in [1.807, 2.05) is 6.08 Å². The molecular formula is C14H17NO4. The van der Waals surface area contributed by atoms with Gasteiger partial charge < -0.3 is 19.9 Å². The molecule has 102 valence electrons. The number of aliphatic hydroxyl groups excluding tert-OH is 1. The molecule has 0 saturated heterocycles. The quantitative estimate of drug-likeness (QED) is 0.872. The van der Waals surface area contributed by atoms with E-state index in [9.17, 15) is 9.90 Å². The van der Waals surface area contributed by atoms with Crippen LogP contribution >= 0.6 is 0 Å². The maximum absolute atomic E-state index is 11.1. The standard InChI is InChI=1S/C14H17NO4/c1-9(17)15-11-6-10-4-5-14(2,8-16)19-12(10)7-13(11)18-3/h4-7,16H,8H2,1-3H3,(H,15,17). The zero-order chi connectivity index (χ0) is 14.0. The van der Waals surface area contributed by atoms with E-state index < -0.39 is 5.60 Å². The summed E-state index contributed by atoms with van der Waals surface area (Å²) in [5, 5.41) is 12.0. The van der Waals surface area contributed by atoms with Crippen LogP contribution in [0.5, 0.6) is 11.5 Å². The minimum atomic E-state index is -0.729. The van der Waals surface area contributed by atoms with E-state index in [1.54, 1.807) is 25.1 Å². The number of anilines is 1. The van der Waals surface area contributed by atoms with Gasteiger partial charge in [-0.05, 0) is 19.1 Å². The van der Waals surface area contributed by atoms with Crippen molar-refractivity contribution in [2.75, 3.05) is 19.0 Å². The van der Waals surface area contributed by atoms with Gasteiger partial charge in [0.05, 0.1) is 19.4 Å². The van der Waals surface area contributed by atoms with Crippen molar-refractivity contribution in [3.8, 4) is 11.5 Å². The van der Waals surface area contributed by atoms with Crippen LogP contribution < -0.4 is 14.8 Å². The second kappa shape index (κ2) is 4.93. The average Bonchev–Trinajstić information content (AvgIpc) is 2.38. The van der Waals surface area contributed by atoms with E-state index in [0.717, 1.165) is 5.56 Å². The predicted molar refractivity (Wildman–Crippen MR) is 72.5 cm³/mol. The van der Waals surface area contributed by atoms with E-state index in [-0.39, 0.29) is 12.5 Å². The van der Waals surface area contributed by atoms with Gasteiger partial charge >= 0.3 is 0 Å². The minimum absolute atomic E-state index is 0.112. The lowest BCUT2D eigenvalue weighted by molar-refractivity contribution is -0.114. The zero-order valence-corrected chi connectivity index (χ0v) is 11.2. The molecule has 2 N–H and O–H groups in total. The Morgan fingerprint density at radius 2 is 2.26 bits per heavy atom. The van der Waals surface area contributed by atoms with Crippen molar-refractivity contribution in [1.29, 1.82) is 0 Å². The number of ether oxygens (including phenoxy) is 2. The largest absolute Gasteiger partial charge is 0.494 e. The smallest absolute Gasteiger partial charge is 0.221 e. The molecule has 1 atom stereocenters. The van der Waals surface area contributed by atoms with Crippen molar-refractivity contribution < 1.29 is 19.4 Å². The first-order valence-electron chi connectivity index (χ1n) is 5.96. The minimum Gasteiger partial charge on any atom is -0.494 e. The molecule has 19 heavy (non-hydrogen) atoms. The van der Waals surface area contributed by atoms with E-state index in [0.29, 0.717) is 17.2 Å². The molecule has 5 nitrogen and oxygen atoms in total. The number of benzene rings is 1. The van der Waals surface area contributed by atoms with Crippen molar-refractivity contribution in [3.63, 3.8) is 0 Å². The van der Waals surface area contributed by atoms with Crippen molar-refractivity contribution in [2.24, 2.45) is 0 Å². The van der Waals surface area contributed by atoms with Gasteiger partial charge in [0.2, 0.25) is 5.91 Å². The molecule has 0 fully saturated rings. The number of methoxy groups -OCH3 is 1. The molecule has 2 rings (SSSR count). The van der Waals surface area contributed by atoms with Gasteiger partial charge in [-0.15, -0.1) is 0 Å². The normalized spacial score (nSPS) is 20.4. The highest BCUT2D eigenvalue weighted by Crippen LogP contribution is 2.38. The number of carbonyl (C=O) groups excluding carboxylic acids is 1.